The third-order valence-corrected chi connectivity index (χ3v) is 6.81. The van der Waals surface area contributed by atoms with Crippen LogP contribution in [0.25, 0.3) is 22.4 Å². The van der Waals surface area contributed by atoms with Crippen molar-refractivity contribution < 1.29 is 9.90 Å². The van der Waals surface area contributed by atoms with Crippen molar-refractivity contribution in [2.24, 2.45) is 7.05 Å². The Morgan fingerprint density at radius 1 is 1.10 bits per heavy atom. The third-order valence-electron chi connectivity index (χ3n) is 6.81. The van der Waals surface area contributed by atoms with Gasteiger partial charge < -0.3 is 10.4 Å². The summed E-state index contributed by atoms with van der Waals surface area (Å²) in [6.45, 7) is 0. The lowest BCUT2D eigenvalue weighted by Gasteiger charge is -2.35. The highest BCUT2D eigenvalue weighted by Gasteiger charge is 2.42. The Bertz CT molecular complexity index is 1180. The van der Waals surface area contributed by atoms with Crippen LogP contribution in [0.4, 0.5) is 5.82 Å². The van der Waals surface area contributed by atoms with Gasteiger partial charge in [-0.25, -0.2) is 0 Å². The fourth-order valence-corrected chi connectivity index (χ4v) is 5.37. The first-order valence-corrected chi connectivity index (χ1v) is 10.8. The molecule has 1 aromatic carbocycles. The molecule has 0 radical (unpaired) electrons. The average molecular weight is 416 g/mol. The van der Waals surface area contributed by atoms with Gasteiger partial charge in [0.05, 0.1) is 18.3 Å². The number of benzene rings is 1. The number of hydrogen-bond donors (Lipinski definition) is 2. The molecule has 2 bridgehead atoms. The normalized spacial score (nSPS) is 24.6. The summed E-state index contributed by atoms with van der Waals surface area (Å²) in [5.74, 6) is 0.919. The molecule has 3 aromatic rings. The number of piperidine rings is 1. The zero-order chi connectivity index (χ0) is 21.1. The first kappa shape index (κ1) is 18.5. The Kier molecular flexibility index (Phi) is 4.11. The number of rotatable bonds is 3. The zero-order valence-corrected chi connectivity index (χ0v) is 17.3. The molecule has 158 valence electrons. The van der Waals surface area contributed by atoms with Crippen LogP contribution in [0, 0.1) is 0 Å². The molecule has 2 N–H and O–H groups in total. The van der Waals surface area contributed by atoms with E-state index in [1.807, 2.05) is 36.3 Å². The maximum absolute atomic E-state index is 12.9. The zero-order valence-electron chi connectivity index (χ0n) is 17.3. The Hall–Kier alpha value is -3.26. The van der Waals surface area contributed by atoms with Crippen LogP contribution in [-0.2, 0) is 18.3 Å². The van der Waals surface area contributed by atoms with Crippen molar-refractivity contribution in [3.63, 3.8) is 0 Å². The lowest BCUT2D eigenvalue weighted by Crippen LogP contribution is -2.49. The average Bonchev–Trinajstić information content (AvgIpc) is 3.43. The number of aromatic nitrogens is 4. The minimum atomic E-state index is 0.101. The van der Waals surface area contributed by atoms with Crippen LogP contribution in [0.15, 0.2) is 36.7 Å². The topological polar surface area (TPSA) is 96.2 Å². The Morgan fingerprint density at radius 3 is 2.61 bits per heavy atom. The van der Waals surface area contributed by atoms with Gasteiger partial charge in [-0.15, -0.1) is 10.2 Å². The number of nitrogens with one attached hydrogen (secondary N) is 1. The summed E-state index contributed by atoms with van der Waals surface area (Å²) in [6, 6.07) is 8.58. The number of hydrogen-bond acceptors (Lipinski definition) is 6. The van der Waals surface area contributed by atoms with Crippen LogP contribution in [0.3, 0.4) is 0 Å². The molecule has 8 nitrogen and oxygen atoms in total. The summed E-state index contributed by atoms with van der Waals surface area (Å²) >= 11 is 0. The number of carbonyl (C=O) groups is 1. The van der Waals surface area contributed by atoms with Gasteiger partial charge in [-0.2, -0.15) is 5.10 Å². The number of aromatic hydroxyl groups is 1. The molecule has 3 aliphatic heterocycles. The second-order valence-electron chi connectivity index (χ2n) is 8.92. The van der Waals surface area contributed by atoms with Crippen molar-refractivity contribution in [3.8, 4) is 28.1 Å². The van der Waals surface area contributed by atoms with Crippen molar-refractivity contribution in [1.29, 1.82) is 0 Å². The number of anilines is 1. The maximum Gasteiger partial charge on any atom is 0.233 e. The summed E-state index contributed by atoms with van der Waals surface area (Å²) in [4.78, 5) is 14.7. The number of aryl methyl sites for hydroxylation is 1. The van der Waals surface area contributed by atoms with Gasteiger partial charge in [0.2, 0.25) is 5.91 Å². The molecule has 0 spiro atoms. The first-order chi connectivity index (χ1) is 15.0. The number of nitrogens with zero attached hydrogens (tertiary/aromatic N) is 5. The van der Waals surface area contributed by atoms with E-state index in [9.17, 15) is 9.90 Å². The number of carbonyl (C=O) groups excluding carboxylic acids is 1. The van der Waals surface area contributed by atoms with Crippen LogP contribution in [0.5, 0.6) is 5.75 Å². The van der Waals surface area contributed by atoms with E-state index < -0.39 is 0 Å². The molecular weight excluding hydrogens is 392 g/mol. The van der Waals surface area contributed by atoms with Gasteiger partial charge >= 0.3 is 0 Å². The van der Waals surface area contributed by atoms with E-state index in [4.69, 9.17) is 0 Å². The highest BCUT2D eigenvalue weighted by atomic mass is 16.3. The molecule has 2 unspecified atom stereocenters. The third kappa shape index (κ3) is 3.09. The van der Waals surface area contributed by atoms with E-state index in [1.165, 1.54) is 12.8 Å². The van der Waals surface area contributed by atoms with Crippen LogP contribution in [0.1, 0.15) is 31.2 Å². The molecule has 2 aromatic heterocycles. The highest BCUT2D eigenvalue weighted by Crippen LogP contribution is 2.38. The summed E-state index contributed by atoms with van der Waals surface area (Å²) in [6.07, 6.45) is 8.33. The molecular formula is C23H24N6O2. The van der Waals surface area contributed by atoms with E-state index in [-0.39, 0.29) is 17.7 Å². The molecule has 1 amide bonds. The second-order valence-corrected chi connectivity index (χ2v) is 8.92. The Morgan fingerprint density at radius 2 is 1.90 bits per heavy atom. The summed E-state index contributed by atoms with van der Waals surface area (Å²) in [5, 5.41) is 27.3. The van der Waals surface area contributed by atoms with Gasteiger partial charge in [-0.05, 0) is 49.4 Å². The summed E-state index contributed by atoms with van der Waals surface area (Å²) in [7, 11) is 1.86. The van der Waals surface area contributed by atoms with Crippen molar-refractivity contribution >= 4 is 11.7 Å². The molecule has 2 saturated heterocycles. The molecule has 3 atom stereocenters. The molecule has 3 aliphatic rings. The lowest BCUT2D eigenvalue weighted by molar-refractivity contribution is -0.118. The fourth-order valence-electron chi connectivity index (χ4n) is 5.37. The molecule has 31 heavy (non-hydrogen) atoms. The largest absolute Gasteiger partial charge is 0.507 e. The van der Waals surface area contributed by atoms with E-state index in [1.54, 1.807) is 16.9 Å². The van der Waals surface area contributed by atoms with Crippen molar-refractivity contribution in [3.05, 3.63) is 42.2 Å². The van der Waals surface area contributed by atoms with Gasteiger partial charge in [0.15, 0.2) is 5.82 Å². The van der Waals surface area contributed by atoms with Crippen molar-refractivity contribution in [1.82, 2.24) is 25.3 Å². The van der Waals surface area contributed by atoms with Crippen LogP contribution < -0.4 is 10.2 Å². The van der Waals surface area contributed by atoms with Crippen LogP contribution >= 0.6 is 0 Å². The number of phenols is 1. The molecule has 5 heterocycles. The van der Waals surface area contributed by atoms with Crippen molar-refractivity contribution in [2.75, 3.05) is 4.90 Å². The first-order valence-electron chi connectivity index (χ1n) is 10.8. The van der Waals surface area contributed by atoms with Crippen molar-refractivity contribution in [2.45, 2.75) is 50.2 Å². The predicted octanol–water partition coefficient (Wildman–Crippen LogP) is 2.42. The molecule has 6 rings (SSSR count). The number of phenolic OH excluding ortho intramolecular Hbond substituents is 1. The summed E-state index contributed by atoms with van der Waals surface area (Å²) in [5.41, 5.74) is 3.88. The van der Waals surface area contributed by atoms with E-state index >= 15 is 0 Å². The number of amides is 1. The molecule has 0 saturated carbocycles. The maximum atomic E-state index is 12.9. The van der Waals surface area contributed by atoms with Crippen LogP contribution in [-0.4, -0.2) is 49.1 Å². The predicted molar refractivity (Wildman–Crippen MR) is 115 cm³/mol. The van der Waals surface area contributed by atoms with E-state index in [0.717, 1.165) is 29.5 Å². The lowest BCUT2D eigenvalue weighted by atomic mass is 9.98. The van der Waals surface area contributed by atoms with Gasteiger partial charge in [0.1, 0.15) is 5.75 Å². The van der Waals surface area contributed by atoms with Gasteiger partial charge in [0, 0.05) is 48.1 Å². The SMILES string of the molecule is Cn1cc(-c2ccc(-c3cc4c(nn3)N(C3CC5CC[C@H](C3)N5)C(=O)C4)c(O)c2)cn1. The quantitative estimate of drug-likeness (QED) is 0.681. The minimum absolute atomic E-state index is 0.101. The molecule has 2 fully saturated rings. The van der Waals surface area contributed by atoms with E-state index in [0.29, 0.717) is 35.6 Å². The number of fused-ring (bicyclic) bond motifs is 3. The van der Waals surface area contributed by atoms with Crippen LogP contribution in [0.2, 0.25) is 0 Å². The molecule has 8 heteroatoms. The van der Waals surface area contributed by atoms with E-state index in [2.05, 4.69) is 20.6 Å². The van der Waals surface area contributed by atoms with Gasteiger partial charge in [0.25, 0.3) is 0 Å². The Labute approximate surface area is 179 Å². The fraction of sp³-hybridized carbons (Fsp3) is 0.391. The smallest absolute Gasteiger partial charge is 0.233 e. The minimum Gasteiger partial charge on any atom is -0.507 e. The second kappa shape index (κ2) is 6.88. The highest BCUT2D eigenvalue weighted by molar-refractivity contribution is 6.01. The van der Waals surface area contributed by atoms with Gasteiger partial charge in [-0.1, -0.05) is 6.07 Å². The monoisotopic (exact) mass is 416 g/mol. The van der Waals surface area contributed by atoms with Gasteiger partial charge in [-0.3, -0.25) is 14.4 Å². The summed E-state index contributed by atoms with van der Waals surface area (Å²) < 4.78 is 1.73. The standard InChI is InChI=1S/C23H24N6O2/c1-28-12-15(11-24-28)13-2-5-19(21(30)7-13)20-6-14-8-22(31)29(23(14)27-26-20)18-9-16-3-4-17(10-18)25-16/h2,5-7,11-12,16-18,25,30H,3-4,8-10H2,1H3/t16-,17?,18?/m1/s1. The Balaban J connectivity index is 1.30. The molecule has 0 aliphatic carbocycles.